The largest absolute Gasteiger partial charge is 0.349 e. The summed E-state index contributed by atoms with van der Waals surface area (Å²) in [5.41, 5.74) is 2.43. The maximum absolute atomic E-state index is 12.5. The average Bonchev–Trinajstić information content (AvgIpc) is 3.26. The van der Waals surface area contributed by atoms with Crippen LogP contribution in [0.5, 0.6) is 0 Å². The molecule has 24 heavy (non-hydrogen) atoms. The zero-order chi connectivity index (χ0) is 16.5. The van der Waals surface area contributed by atoms with Gasteiger partial charge in [-0.2, -0.15) is 0 Å². The second-order valence-electron chi connectivity index (χ2n) is 6.42. The monoisotopic (exact) mass is 322 g/mol. The normalized spacial score (nSPS) is 18.5. The van der Waals surface area contributed by atoms with Crippen molar-refractivity contribution in [3.8, 4) is 0 Å². The van der Waals surface area contributed by atoms with E-state index in [0.29, 0.717) is 18.3 Å². The van der Waals surface area contributed by atoms with Gasteiger partial charge in [-0.05, 0) is 38.1 Å². The molecule has 0 bridgehead atoms. The van der Waals surface area contributed by atoms with Gasteiger partial charge in [-0.1, -0.05) is 25.1 Å². The van der Waals surface area contributed by atoms with E-state index in [9.17, 15) is 4.79 Å². The molecule has 1 fully saturated rings. The van der Waals surface area contributed by atoms with E-state index >= 15 is 0 Å². The van der Waals surface area contributed by atoms with Crippen LogP contribution in [0.25, 0.3) is 21.8 Å². The van der Waals surface area contributed by atoms with Gasteiger partial charge in [-0.15, -0.1) is 0 Å². The highest BCUT2D eigenvalue weighted by atomic mass is 16.1. The number of H-pyrrole nitrogens is 1. The molecule has 0 radical (unpaired) electrons. The highest BCUT2D eigenvalue weighted by molar-refractivity contribution is 6.07. The first kappa shape index (κ1) is 15.1. The van der Waals surface area contributed by atoms with E-state index in [4.69, 9.17) is 0 Å². The van der Waals surface area contributed by atoms with Gasteiger partial charge < -0.3 is 10.3 Å². The van der Waals surface area contributed by atoms with Gasteiger partial charge in [0.25, 0.3) is 5.91 Å². The third kappa shape index (κ3) is 2.65. The van der Waals surface area contributed by atoms with Crippen LogP contribution >= 0.6 is 0 Å². The van der Waals surface area contributed by atoms with Crippen LogP contribution in [-0.4, -0.2) is 46.5 Å². The molecule has 2 N–H and O–H groups in total. The molecule has 4 rings (SSSR count). The molecule has 124 valence electrons. The number of likely N-dealkylation sites (tertiary alicyclic amines) is 1. The summed E-state index contributed by atoms with van der Waals surface area (Å²) in [7, 11) is 0. The number of amides is 1. The number of benzene rings is 1. The molecule has 1 amide bonds. The van der Waals surface area contributed by atoms with Gasteiger partial charge in [-0.3, -0.25) is 14.7 Å². The minimum absolute atomic E-state index is 0.0433. The molecule has 0 saturated carbocycles. The van der Waals surface area contributed by atoms with Crippen LogP contribution in [-0.2, 0) is 0 Å². The fourth-order valence-electron chi connectivity index (χ4n) is 3.71. The molecule has 1 atom stereocenters. The molecule has 3 heterocycles. The number of aromatic amines is 1. The van der Waals surface area contributed by atoms with Gasteiger partial charge in [0.1, 0.15) is 5.69 Å². The van der Waals surface area contributed by atoms with Gasteiger partial charge in [0, 0.05) is 29.6 Å². The fourth-order valence-corrected chi connectivity index (χ4v) is 3.71. The Morgan fingerprint density at radius 1 is 1.38 bits per heavy atom. The lowest BCUT2D eigenvalue weighted by atomic mass is 10.1. The third-order valence-electron chi connectivity index (χ3n) is 5.01. The molecule has 5 nitrogen and oxygen atoms in total. The Kier molecular flexibility index (Phi) is 3.94. The second kappa shape index (κ2) is 6.24. The number of hydrogen-bond acceptors (Lipinski definition) is 3. The summed E-state index contributed by atoms with van der Waals surface area (Å²) in [5, 5.41) is 5.17. The van der Waals surface area contributed by atoms with Crippen LogP contribution < -0.4 is 5.32 Å². The van der Waals surface area contributed by atoms with Gasteiger partial charge in [0.2, 0.25) is 0 Å². The molecule has 1 unspecified atom stereocenters. The molecule has 2 aromatic heterocycles. The van der Waals surface area contributed by atoms with Crippen LogP contribution in [0.2, 0.25) is 0 Å². The third-order valence-corrected chi connectivity index (χ3v) is 5.01. The lowest BCUT2D eigenvalue weighted by Gasteiger charge is -2.22. The highest BCUT2D eigenvalue weighted by Gasteiger charge is 2.23. The summed E-state index contributed by atoms with van der Waals surface area (Å²) in [5.74, 6) is -0.0433. The molecule has 0 spiro atoms. The van der Waals surface area contributed by atoms with Gasteiger partial charge in [0.05, 0.1) is 11.0 Å². The smallest absolute Gasteiger partial charge is 0.267 e. The van der Waals surface area contributed by atoms with E-state index in [1.54, 1.807) is 6.20 Å². The molecule has 0 aliphatic carbocycles. The Bertz CT molecular complexity index is 885. The number of fused-ring (bicyclic) bond motifs is 3. The first-order valence-electron chi connectivity index (χ1n) is 8.65. The van der Waals surface area contributed by atoms with Crippen LogP contribution in [0, 0.1) is 0 Å². The minimum Gasteiger partial charge on any atom is -0.349 e. The summed E-state index contributed by atoms with van der Waals surface area (Å²) in [6, 6.07) is 10.4. The topological polar surface area (TPSA) is 61.0 Å². The summed E-state index contributed by atoms with van der Waals surface area (Å²) < 4.78 is 0. The van der Waals surface area contributed by atoms with Gasteiger partial charge in [0.15, 0.2) is 0 Å². The van der Waals surface area contributed by atoms with E-state index in [-0.39, 0.29) is 5.91 Å². The Morgan fingerprint density at radius 2 is 2.25 bits per heavy atom. The van der Waals surface area contributed by atoms with Crippen LogP contribution in [0.15, 0.2) is 36.5 Å². The quantitative estimate of drug-likeness (QED) is 0.776. The molecular formula is C19H22N4O. The number of hydrogen-bond donors (Lipinski definition) is 2. The molecule has 3 aromatic rings. The van der Waals surface area contributed by atoms with Crippen molar-refractivity contribution in [1.29, 1.82) is 0 Å². The lowest BCUT2D eigenvalue weighted by Crippen LogP contribution is -2.40. The maximum atomic E-state index is 12.5. The van der Waals surface area contributed by atoms with Gasteiger partial charge in [-0.25, -0.2) is 0 Å². The number of nitrogens with zero attached hydrogens (tertiary/aromatic N) is 2. The number of carbonyl (C=O) groups is 1. The number of pyridine rings is 1. The number of nitrogens with one attached hydrogen (secondary N) is 2. The molecule has 1 aliphatic rings. The minimum atomic E-state index is -0.0433. The second-order valence-corrected chi connectivity index (χ2v) is 6.42. The van der Waals surface area contributed by atoms with Crippen LogP contribution in [0.1, 0.15) is 30.3 Å². The van der Waals surface area contributed by atoms with E-state index in [1.807, 2.05) is 30.3 Å². The summed E-state index contributed by atoms with van der Waals surface area (Å²) in [6.07, 6.45) is 4.16. The van der Waals surface area contributed by atoms with Crippen molar-refractivity contribution in [2.24, 2.45) is 0 Å². The lowest BCUT2D eigenvalue weighted by molar-refractivity contribution is 0.0937. The standard InChI is InChI=1S/C19H22N4O/c1-2-23-10-4-6-15(23)12-21-19(24)16-11-14-8-7-13-5-3-9-20-17(13)18(14)22-16/h3,5,7-9,11,15,22H,2,4,6,10,12H2,1H3,(H,21,24). The zero-order valence-electron chi connectivity index (χ0n) is 13.9. The SMILES string of the molecule is CCN1CCCC1CNC(=O)c1cc2ccc3cccnc3c2[nH]1. The summed E-state index contributed by atoms with van der Waals surface area (Å²) in [6.45, 7) is 5.07. The number of likely N-dealkylation sites (N-methyl/N-ethyl adjacent to an activating group) is 1. The molecule has 1 aromatic carbocycles. The van der Waals surface area contributed by atoms with Crippen LogP contribution in [0.4, 0.5) is 0 Å². The van der Waals surface area contributed by atoms with Crippen molar-refractivity contribution in [2.45, 2.75) is 25.8 Å². The molecule has 1 saturated heterocycles. The van der Waals surface area contributed by atoms with Gasteiger partial charge >= 0.3 is 0 Å². The molecule has 5 heteroatoms. The van der Waals surface area contributed by atoms with Crippen molar-refractivity contribution in [3.63, 3.8) is 0 Å². The Hall–Kier alpha value is -2.40. The Morgan fingerprint density at radius 3 is 3.12 bits per heavy atom. The molecule has 1 aliphatic heterocycles. The summed E-state index contributed by atoms with van der Waals surface area (Å²) in [4.78, 5) is 22.6. The number of aromatic nitrogens is 2. The Balaban J connectivity index is 1.55. The van der Waals surface area contributed by atoms with Crippen molar-refractivity contribution in [3.05, 3.63) is 42.2 Å². The van der Waals surface area contributed by atoms with Crippen LogP contribution in [0.3, 0.4) is 0 Å². The predicted molar refractivity (Wildman–Crippen MR) is 96.2 cm³/mol. The average molecular weight is 322 g/mol. The van der Waals surface area contributed by atoms with Crippen molar-refractivity contribution >= 4 is 27.7 Å². The Labute approximate surface area is 141 Å². The number of rotatable bonds is 4. The first-order valence-corrected chi connectivity index (χ1v) is 8.65. The maximum Gasteiger partial charge on any atom is 0.267 e. The van der Waals surface area contributed by atoms with E-state index < -0.39 is 0 Å². The zero-order valence-corrected chi connectivity index (χ0v) is 13.9. The first-order chi connectivity index (χ1) is 11.8. The summed E-state index contributed by atoms with van der Waals surface area (Å²) >= 11 is 0. The van der Waals surface area contributed by atoms with E-state index in [1.165, 1.54) is 6.42 Å². The van der Waals surface area contributed by atoms with Crippen molar-refractivity contribution in [1.82, 2.24) is 20.2 Å². The molecular weight excluding hydrogens is 300 g/mol. The van der Waals surface area contributed by atoms with E-state index in [0.717, 1.165) is 41.3 Å². The highest BCUT2D eigenvalue weighted by Crippen LogP contribution is 2.24. The number of carbonyl (C=O) groups excluding carboxylic acids is 1. The fraction of sp³-hybridized carbons (Fsp3) is 0.368. The van der Waals surface area contributed by atoms with Crippen molar-refractivity contribution < 1.29 is 4.79 Å². The van der Waals surface area contributed by atoms with E-state index in [2.05, 4.69) is 27.1 Å². The predicted octanol–water partition coefficient (Wildman–Crippen LogP) is 2.93. The van der Waals surface area contributed by atoms with Crippen molar-refractivity contribution in [2.75, 3.05) is 19.6 Å².